The van der Waals surface area contributed by atoms with Crippen LogP contribution in [0.5, 0.6) is 0 Å². The molecule has 0 aliphatic heterocycles. The minimum atomic E-state index is -0.0819. The number of amides is 1. The highest BCUT2D eigenvalue weighted by atomic mass is 16.1. The van der Waals surface area contributed by atoms with Gasteiger partial charge in [0.15, 0.2) is 0 Å². The van der Waals surface area contributed by atoms with E-state index >= 15 is 0 Å². The van der Waals surface area contributed by atoms with Gasteiger partial charge >= 0.3 is 0 Å². The quantitative estimate of drug-likeness (QED) is 0.753. The predicted octanol–water partition coefficient (Wildman–Crippen LogP) is 4.37. The number of rotatable bonds is 5. The summed E-state index contributed by atoms with van der Waals surface area (Å²) in [5, 5.41) is 7.40. The van der Waals surface area contributed by atoms with E-state index in [2.05, 4.69) is 29.5 Å². The minimum Gasteiger partial charge on any atom is -0.345 e. The molecule has 3 aromatic rings. The molecule has 128 valence electrons. The van der Waals surface area contributed by atoms with Gasteiger partial charge in [0, 0.05) is 23.4 Å². The second kappa shape index (κ2) is 7.34. The number of nitrogens with one attached hydrogen (secondary N) is 1. The highest BCUT2D eigenvalue weighted by molar-refractivity contribution is 5.94. The second-order valence-electron chi connectivity index (χ2n) is 6.14. The SMILES string of the molecule is CCn1ncc(C(C)NC(=O)c2ccc(-c3ccccc3)cc2)c1C. The summed E-state index contributed by atoms with van der Waals surface area (Å²) in [7, 11) is 0. The Morgan fingerprint density at radius 1 is 1.08 bits per heavy atom. The number of benzene rings is 2. The third-order valence-corrected chi connectivity index (χ3v) is 4.51. The van der Waals surface area contributed by atoms with Crippen molar-refractivity contribution in [2.45, 2.75) is 33.4 Å². The summed E-state index contributed by atoms with van der Waals surface area (Å²) in [6, 6.07) is 17.8. The number of nitrogens with zero attached hydrogens (tertiary/aromatic N) is 2. The Morgan fingerprint density at radius 3 is 2.32 bits per heavy atom. The Hall–Kier alpha value is -2.88. The van der Waals surface area contributed by atoms with Gasteiger partial charge in [0.05, 0.1) is 12.2 Å². The van der Waals surface area contributed by atoms with Crippen LogP contribution in [0, 0.1) is 6.92 Å². The molecule has 0 fully saturated rings. The first-order chi connectivity index (χ1) is 12.1. The maximum absolute atomic E-state index is 12.5. The Kier molecular flexibility index (Phi) is 4.98. The van der Waals surface area contributed by atoms with E-state index in [0.717, 1.165) is 28.9 Å². The molecular formula is C21H23N3O. The predicted molar refractivity (Wildman–Crippen MR) is 100 cm³/mol. The van der Waals surface area contributed by atoms with Crippen LogP contribution in [0.4, 0.5) is 0 Å². The van der Waals surface area contributed by atoms with Crippen molar-refractivity contribution in [3.8, 4) is 11.1 Å². The van der Waals surface area contributed by atoms with Crippen molar-refractivity contribution in [2.75, 3.05) is 0 Å². The van der Waals surface area contributed by atoms with Crippen LogP contribution in [0.3, 0.4) is 0 Å². The molecule has 25 heavy (non-hydrogen) atoms. The zero-order valence-corrected chi connectivity index (χ0v) is 14.9. The minimum absolute atomic E-state index is 0.0734. The summed E-state index contributed by atoms with van der Waals surface area (Å²) < 4.78 is 1.94. The Balaban J connectivity index is 1.71. The van der Waals surface area contributed by atoms with Crippen LogP contribution in [0.15, 0.2) is 60.8 Å². The second-order valence-corrected chi connectivity index (χ2v) is 6.14. The molecule has 0 saturated carbocycles. The zero-order valence-electron chi connectivity index (χ0n) is 14.9. The lowest BCUT2D eigenvalue weighted by Crippen LogP contribution is -2.26. The van der Waals surface area contributed by atoms with E-state index in [0.29, 0.717) is 5.56 Å². The highest BCUT2D eigenvalue weighted by Crippen LogP contribution is 2.20. The van der Waals surface area contributed by atoms with Gasteiger partial charge in [0.25, 0.3) is 5.91 Å². The van der Waals surface area contributed by atoms with Gasteiger partial charge in [0.1, 0.15) is 0 Å². The molecule has 1 aromatic heterocycles. The number of hydrogen-bond donors (Lipinski definition) is 1. The average molecular weight is 333 g/mol. The number of aryl methyl sites for hydroxylation is 1. The maximum atomic E-state index is 12.5. The van der Waals surface area contributed by atoms with Crippen molar-refractivity contribution < 1.29 is 4.79 Å². The van der Waals surface area contributed by atoms with E-state index in [1.807, 2.05) is 67.2 Å². The van der Waals surface area contributed by atoms with Crippen LogP contribution in [0.1, 0.15) is 41.5 Å². The standard InChI is InChI=1S/C21H23N3O/c1-4-24-16(3)20(14-22-24)15(2)23-21(25)19-12-10-18(11-13-19)17-8-6-5-7-9-17/h5-15H,4H2,1-3H3,(H,23,25). The molecule has 1 heterocycles. The molecular weight excluding hydrogens is 310 g/mol. The third kappa shape index (κ3) is 3.63. The van der Waals surface area contributed by atoms with Gasteiger partial charge in [-0.2, -0.15) is 5.10 Å². The maximum Gasteiger partial charge on any atom is 0.251 e. The summed E-state index contributed by atoms with van der Waals surface area (Å²) in [6.07, 6.45) is 1.84. The zero-order chi connectivity index (χ0) is 17.8. The van der Waals surface area contributed by atoms with Gasteiger partial charge in [-0.15, -0.1) is 0 Å². The fourth-order valence-electron chi connectivity index (χ4n) is 3.01. The molecule has 0 saturated heterocycles. The van der Waals surface area contributed by atoms with Gasteiger partial charge in [-0.25, -0.2) is 0 Å². The molecule has 1 N–H and O–H groups in total. The van der Waals surface area contributed by atoms with Crippen molar-refractivity contribution in [3.05, 3.63) is 77.6 Å². The highest BCUT2D eigenvalue weighted by Gasteiger charge is 2.16. The van der Waals surface area contributed by atoms with Crippen LogP contribution >= 0.6 is 0 Å². The van der Waals surface area contributed by atoms with Crippen molar-refractivity contribution in [3.63, 3.8) is 0 Å². The van der Waals surface area contributed by atoms with Crippen molar-refractivity contribution in [2.24, 2.45) is 0 Å². The summed E-state index contributed by atoms with van der Waals surface area (Å²) in [5.41, 5.74) is 5.05. The first-order valence-electron chi connectivity index (χ1n) is 8.58. The molecule has 4 heteroatoms. The molecule has 0 radical (unpaired) electrons. The van der Waals surface area contributed by atoms with Crippen molar-refractivity contribution in [1.29, 1.82) is 0 Å². The Bertz CT molecular complexity index is 851. The molecule has 3 rings (SSSR count). The molecule has 2 aromatic carbocycles. The smallest absolute Gasteiger partial charge is 0.251 e. The van der Waals surface area contributed by atoms with Gasteiger partial charge < -0.3 is 5.32 Å². The van der Waals surface area contributed by atoms with E-state index in [1.54, 1.807) is 0 Å². The van der Waals surface area contributed by atoms with Gasteiger partial charge in [-0.05, 0) is 44.0 Å². The van der Waals surface area contributed by atoms with Crippen molar-refractivity contribution >= 4 is 5.91 Å². The van der Waals surface area contributed by atoms with Crippen LogP contribution in [-0.2, 0) is 6.54 Å². The number of hydrogen-bond acceptors (Lipinski definition) is 2. The number of aromatic nitrogens is 2. The average Bonchev–Trinajstić information content (AvgIpc) is 3.03. The largest absolute Gasteiger partial charge is 0.345 e. The van der Waals surface area contributed by atoms with Crippen LogP contribution in [0.25, 0.3) is 11.1 Å². The Morgan fingerprint density at radius 2 is 1.72 bits per heavy atom. The third-order valence-electron chi connectivity index (χ3n) is 4.51. The van der Waals surface area contributed by atoms with Crippen molar-refractivity contribution in [1.82, 2.24) is 15.1 Å². The number of carbonyl (C=O) groups excluding carboxylic acids is 1. The summed E-state index contributed by atoms with van der Waals surface area (Å²) in [4.78, 5) is 12.5. The molecule has 4 nitrogen and oxygen atoms in total. The fraction of sp³-hybridized carbons (Fsp3) is 0.238. The van der Waals surface area contributed by atoms with E-state index < -0.39 is 0 Å². The van der Waals surface area contributed by atoms with E-state index in [4.69, 9.17) is 0 Å². The molecule has 0 aliphatic rings. The van der Waals surface area contributed by atoms with E-state index in [9.17, 15) is 4.79 Å². The van der Waals surface area contributed by atoms with E-state index in [1.165, 1.54) is 0 Å². The monoisotopic (exact) mass is 333 g/mol. The van der Waals surface area contributed by atoms with Crippen LogP contribution in [0.2, 0.25) is 0 Å². The molecule has 1 unspecified atom stereocenters. The lowest BCUT2D eigenvalue weighted by atomic mass is 10.0. The van der Waals surface area contributed by atoms with Gasteiger partial charge in [0.2, 0.25) is 0 Å². The fourth-order valence-corrected chi connectivity index (χ4v) is 3.01. The van der Waals surface area contributed by atoms with Gasteiger partial charge in [-0.1, -0.05) is 42.5 Å². The summed E-state index contributed by atoms with van der Waals surface area (Å²) in [6.45, 7) is 6.90. The number of carbonyl (C=O) groups is 1. The first-order valence-corrected chi connectivity index (χ1v) is 8.58. The van der Waals surface area contributed by atoms with Crippen LogP contribution < -0.4 is 5.32 Å². The topological polar surface area (TPSA) is 46.9 Å². The normalized spacial score (nSPS) is 12.0. The molecule has 0 spiro atoms. The summed E-state index contributed by atoms with van der Waals surface area (Å²) >= 11 is 0. The first kappa shape index (κ1) is 17.0. The summed E-state index contributed by atoms with van der Waals surface area (Å²) in [5.74, 6) is -0.0734. The lowest BCUT2D eigenvalue weighted by Gasteiger charge is -2.14. The lowest BCUT2D eigenvalue weighted by molar-refractivity contribution is 0.0940. The molecule has 0 bridgehead atoms. The molecule has 1 atom stereocenters. The molecule has 0 aliphatic carbocycles. The van der Waals surface area contributed by atoms with Gasteiger partial charge in [-0.3, -0.25) is 9.48 Å². The Labute approximate surface area is 148 Å². The van der Waals surface area contributed by atoms with E-state index in [-0.39, 0.29) is 11.9 Å². The molecule has 1 amide bonds. The van der Waals surface area contributed by atoms with Crippen LogP contribution in [-0.4, -0.2) is 15.7 Å².